The lowest BCUT2D eigenvalue weighted by Crippen LogP contribution is -2.35. The molecule has 0 bridgehead atoms. The molecule has 0 radical (unpaired) electrons. The number of hydrogen-bond donors (Lipinski definition) is 0. The minimum Gasteiger partial charge on any atom is -0.356 e. The molecule has 1 saturated heterocycles. The van der Waals surface area contributed by atoms with Gasteiger partial charge in [-0.1, -0.05) is 42.0 Å². The van der Waals surface area contributed by atoms with Gasteiger partial charge in [0, 0.05) is 18.5 Å². The topological polar surface area (TPSA) is 80.5 Å². The second-order valence-corrected chi connectivity index (χ2v) is 9.96. The number of nitrogens with zero attached hydrogens (tertiary/aromatic N) is 5. The summed E-state index contributed by atoms with van der Waals surface area (Å²) in [5, 5.41) is 9.06. The van der Waals surface area contributed by atoms with Gasteiger partial charge < -0.3 is 4.90 Å². The Kier molecular flexibility index (Phi) is 4.47. The molecule has 0 spiro atoms. The van der Waals surface area contributed by atoms with Gasteiger partial charge >= 0.3 is 0 Å². The molecule has 8 heteroatoms. The van der Waals surface area contributed by atoms with Crippen molar-refractivity contribution in [3.05, 3.63) is 54.1 Å². The first-order valence-electron chi connectivity index (χ1n) is 10.2. The van der Waals surface area contributed by atoms with E-state index in [9.17, 15) is 8.42 Å². The highest BCUT2D eigenvalue weighted by Gasteiger charge is 2.28. The summed E-state index contributed by atoms with van der Waals surface area (Å²) in [6, 6.07) is 14.6. The summed E-state index contributed by atoms with van der Waals surface area (Å²) < 4.78 is 28.2. The monoisotopic (exact) mass is 421 g/mol. The van der Waals surface area contributed by atoms with Gasteiger partial charge in [0.05, 0.1) is 10.4 Å². The summed E-state index contributed by atoms with van der Waals surface area (Å²) in [4.78, 5) is 7.26. The van der Waals surface area contributed by atoms with Crippen molar-refractivity contribution in [2.45, 2.75) is 36.6 Å². The predicted octanol–water partition coefficient (Wildman–Crippen LogP) is 3.66. The van der Waals surface area contributed by atoms with Crippen LogP contribution in [0.1, 0.15) is 25.3 Å². The number of rotatable bonds is 3. The fraction of sp³-hybridized carbons (Fsp3) is 0.318. The van der Waals surface area contributed by atoms with E-state index in [1.165, 1.54) is 10.9 Å². The molecule has 1 atom stereocenters. The maximum atomic E-state index is 13.3. The summed E-state index contributed by atoms with van der Waals surface area (Å²) in [5.74, 6) is 1.36. The quantitative estimate of drug-likeness (QED) is 0.502. The van der Waals surface area contributed by atoms with Gasteiger partial charge in [-0.05, 0) is 49.9 Å². The smallest absolute Gasteiger partial charge is 0.229 e. The molecule has 2 aromatic heterocycles. The lowest BCUT2D eigenvalue weighted by molar-refractivity contribution is 0.445. The van der Waals surface area contributed by atoms with E-state index >= 15 is 0 Å². The van der Waals surface area contributed by atoms with Gasteiger partial charge in [0.1, 0.15) is 5.82 Å². The average molecular weight is 422 g/mol. The van der Waals surface area contributed by atoms with E-state index in [2.05, 4.69) is 22.1 Å². The minimum absolute atomic E-state index is 0.108. The first-order chi connectivity index (χ1) is 14.4. The molecule has 1 aliphatic heterocycles. The maximum absolute atomic E-state index is 13.3. The Hall–Kier alpha value is -3.00. The highest BCUT2D eigenvalue weighted by Crippen LogP contribution is 2.31. The predicted molar refractivity (Wildman–Crippen MR) is 116 cm³/mol. The van der Waals surface area contributed by atoms with E-state index in [0.29, 0.717) is 5.92 Å². The Morgan fingerprint density at radius 3 is 2.60 bits per heavy atom. The van der Waals surface area contributed by atoms with Gasteiger partial charge in [-0.3, -0.25) is 0 Å². The molecule has 1 aliphatic rings. The van der Waals surface area contributed by atoms with Gasteiger partial charge in [0.25, 0.3) is 0 Å². The Morgan fingerprint density at radius 1 is 1.07 bits per heavy atom. The number of aromatic nitrogens is 4. The molecule has 0 unspecified atom stereocenters. The van der Waals surface area contributed by atoms with E-state index in [-0.39, 0.29) is 15.6 Å². The third kappa shape index (κ3) is 3.02. The summed E-state index contributed by atoms with van der Waals surface area (Å²) in [6.07, 6.45) is 2.28. The van der Waals surface area contributed by atoms with Crippen LogP contribution in [0.4, 0.5) is 5.82 Å². The highest BCUT2D eigenvalue weighted by atomic mass is 32.2. The zero-order valence-corrected chi connectivity index (χ0v) is 17.8. The van der Waals surface area contributed by atoms with E-state index in [4.69, 9.17) is 4.98 Å². The Morgan fingerprint density at radius 2 is 1.83 bits per heavy atom. The van der Waals surface area contributed by atoms with Crippen molar-refractivity contribution in [1.29, 1.82) is 0 Å². The number of fused-ring (bicyclic) bond motifs is 3. The zero-order chi connectivity index (χ0) is 20.9. The number of anilines is 1. The number of benzene rings is 2. The first kappa shape index (κ1) is 19.0. The fourth-order valence-corrected chi connectivity index (χ4v) is 5.39. The molecular formula is C22H23N5O2S. The highest BCUT2D eigenvalue weighted by molar-refractivity contribution is 7.91. The average Bonchev–Trinajstić information content (AvgIpc) is 3.19. The van der Waals surface area contributed by atoms with Gasteiger partial charge in [-0.15, -0.1) is 5.10 Å². The van der Waals surface area contributed by atoms with Gasteiger partial charge in [0.15, 0.2) is 5.65 Å². The number of para-hydroxylation sites is 1. The fourth-order valence-electron chi connectivity index (χ4n) is 4.15. The molecule has 1 fully saturated rings. The first-order valence-corrected chi connectivity index (χ1v) is 11.6. The molecule has 0 saturated carbocycles. The van der Waals surface area contributed by atoms with Crippen LogP contribution in [-0.4, -0.2) is 41.3 Å². The SMILES string of the molecule is Cc1ccc(S(=O)(=O)c2nnn3c2nc(N2CCC[C@H](C)C2)c2ccccc23)cc1. The Bertz CT molecular complexity index is 1350. The molecule has 2 aromatic carbocycles. The van der Waals surface area contributed by atoms with E-state index in [1.54, 1.807) is 24.3 Å². The molecular weight excluding hydrogens is 398 g/mol. The van der Waals surface area contributed by atoms with Gasteiger partial charge in [-0.25, -0.2) is 13.4 Å². The number of hydrogen-bond acceptors (Lipinski definition) is 6. The van der Waals surface area contributed by atoms with Crippen LogP contribution >= 0.6 is 0 Å². The van der Waals surface area contributed by atoms with Crippen LogP contribution in [-0.2, 0) is 9.84 Å². The summed E-state index contributed by atoms with van der Waals surface area (Å²) in [5.41, 5.74) is 2.06. The number of sulfone groups is 1. The number of piperidine rings is 1. The third-order valence-electron chi connectivity index (χ3n) is 5.74. The molecule has 7 nitrogen and oxygen atoms in total. The van der Waals surface area contributed by atoms with Crippen LogP contribution in [0.25, 0.3) is 16.6 Å². The summed E-state index contributed by atoms with van der Waals surface area (Å²) in [7, 11) is -3.84. The normalized spacial score (nSPS) is 17.7. The standard InChI is InChI=1S/C22H23N5O2S/c1-15-9-11-17(12-10-15)30(28,29)22-21-23-20(26-13-5-6-16(2)14-26)18-7-3-4-8-19(18)27(21)25-24-22/h3-4,7-12,16H,5-6,13-14H2,1-2H3/t16-/m0/s1. The molecule has 0 N–H and O–H groups in total. The Balaban J connectivity index is 1.75. The van der Waals surface area contributed by atoms with Crippen molar-refractivity contribution in [2.75, 3.05) is 18.0 Å². The van der Waals surface area contributed by atoms with Crippen LogP contribution < -0.4 is 4.90 Å². The minimum atomic E-state index is -3.84. The summed E-state index contributed by atoms with van der Waals surface area (Å²) in [6.45, 7) is 5.96. The largest absolute Gasteiger partial charge is 0.356 e. The third-order valence-corrected chi connectivity index (χ3v) is 7.41. The van der Waals surface area contributed by atoms with Crippen LogP contribution in [0.5, 0.6) is 0 Å². The second-order valence-electron chi connectivity index (χ2n) is 8.09. The van der Waals surface area contributed by atoms with Gasteiger partial charge in [0.2, 0.25) is 14.9 Å². The van der Waals surface area contributed by atoms with Gasteiger partial charge in [-0.2, -0.15) is 4.52 Å². The lowest BCUT2D eigenvalue weighted by atomic mass is 10.00. The molecule has 3 heterocycles. The lowest BCUT2D eigenvalue weighted by Gasteiger charge is -2.32. The van der Waals surface area contributed by atoms with Crippen LogP contribution in [0.15, 0.2) is 58.5 Å². The number of aryl methyl sites for hydroxylation is 1. The molecule has 0 aliphatic carbocycles. The van der Waals surface area contributed by atoms with Crippen molar-refractivity contribution < 1.29 is 8.42 Å². The molecule has 154 valence electrons. The van der Waals surface area contributed by atoms with Crippen molar-refractivity contribution in [3.63, 3.8) is 0 Å². The van der Waals surface area contributed by atoms with Crippen LogP contribution in [0.3, 0.4) is 0 Å². The van der Waals surface area contributed by atoms with Crippen molar-refractivity contribution in [3.8, 4) is 0 Å². The van der Waals surface area contributed by atoms with Crippen molar-refractivity contribution in [2.24, 2.45) is 5.92 Å². The molecule has 4 aromatic rings. The second kappa shape index (κ2) is 7.05. The molecule has 5 rings (SSSR count). The van der Waals surface area contributed by atoms with Crippen LogP contribution in [0, 0.1) is 12.8 Å². The molecule has 30 heavy (non-hydrogen) atoms. The summed E-state index contributed by atoms with van der Waals surface area (Å²) >= 11 is 0. The van der Waals surface area contributed by atoms with E-state index in [0.717, 1.165) is 41.8 Å². The zero-order valence-electron chi connectivity index (χ0n) is 17.0. The Labute approximate surface area is 175 Å². The maximum Gasteiger partial charge on any atom is 0.229 e. The van der Waals surface area contributed by atoms with E-state index in [1.807, 2.05) is 31.2 Å². The molecule has 0 amide bonds. The van der Waals surface area contributed by atoms with Crippen LogP contribution in [0.2, 0.25) is 0 Å². The van der Waals surface area contributed by atoms with E-state index < -0.39 is 9.84 Å². The van der Waals surface area contributed by atoms with Crippen molar-refractivity contribution >= 4 is 32.2 Å². The van der Waals surface area contributed by atoms with Crippen molar-refractivity contribution in [1.82, 2.24) is 19.8 Å².